The fraction of sp³-hybridized carbons (Fsp3) is 0.222. The van der Waals surface area contributed by atoms with Crippen LogP contribution in [0.15, 0.2) is 36.4 Å². The number of methoxy groups -OCH3 is 1. The van der Waals surface area contributed by atoms with Gasteiger partial charge in [0.2, 0.25) is 0 Å². The lowest BCUT2D eigenvalue weighted by Gasteiger charge is -2.10. The molecule has 0 saturated heterocycles. The maximum Gasteiger partial charge on any atom is 0.342 e. The van der Waals surface area contributed by atoms with Gasteiger partial charge >= 0.3 is 5.97 Å². The second-order valence-corrected chi connectivity index (χ2v) is 5.33. The molecule has 0 bridgehead atoms. The van der Waals surface area contributed by atoms with Gasteiger partial charge in [0.05, 0.1) is 7.11 Å². The Hall–Kier alpha value is -3.02. The van der Waals surface area contributed by atoms with Gasteiger partial charge in [0.1, 0.15) is 17.1 Å². The minimum atomic E-state index is -0.804. The van der Waals surface area contributed by atoms with E-state index >= 15 is 0 Å². The molecule has 2 rings (SSSR count). The molecule has 2 N–H and O–H groups in total. The van der Waals surface area contributed by atoms with E-state index in [1.165, 1.54) is 25.3 Å². The number of aryl methyl sites for hydroxylation is 2. The first-order chi connectivity index (χ1) is 11.4. The number of phenols is 1. The third-order valence-electron chi connectivity index (χ3n) is 3.41. The first-order valence-corrected chi connectivity index (χ1v) is 7.32. The van der Waals surface area contributed by atoms with E-state index in [2.05, 4.69) is 5.32 Å². The minimum Gasteiger partial charge on any atom is -0.507 e. The summed E-state index contributed by atoms with van der Waals surface area (Å²) in [6.45, 7) is 3.38. The molecular weight excluding hydrogens is 310 g/mol. The standard InChI is InChI=1S/C18H19NO5/c1-11-4-6-15(12(2)8-11)19-17(21)10-24-18(22)14-9-13(23-3)5-7-16(14)20/h4-9,20H,10H2,1-3H3,(H,19,21). The van der Waals surface area contributed by atoms with Crippen LogP contribution in [0, 0.1) is 13.8 Å². The number of hydrogen-bond donors (Lipinski definition) is 2. The van der Waals surface area contributed by atoms with E-state index in [9.17, 15) is 14.7 Å². The molecule has 24 heavy (non-hydrogen) atoms. The second-order valence-electron chi connectivity index (χ2n) is 5.33. The van der Waals surface area contributed by atoms with Gasteiger partial charge in [0, 0.05) is 5.69 Å². The van der Waals surface area contributed by atoms with E-state index in [0.29, 0.717) is 11.4 Å². The Morgan fingerprint density at radius 1 is 1.12 bits per heavy atom. The molecule has 0 saturated carbocycles. The number of carbonyl (C=O) groups is 2. The second kappa shape index (κ2) is 7.50. The van der Waals surface area contributed by atoms with Crippen molar-refractivity contribution in [1.29, 1.82) is 0 Å². The van der Waals surface area contributed by atoms with Crippen molar-refractivity contribution in [3.8, 4) is 11.5 Å². The number of anilines is 1. The molecule has 0 aliphatic rings. The van der Waals surface area contributed by atoms with Crippen LogP contribution in [0.5, 0.6) is 11.5 Å². The van der Waals surface area contributed by atoms with Crippen LogP contribution < -0.4 is 10.1 Å². The van der Waals surface area contributed by atoms with Crippen molar-refractivity contribution in [3.63, 3.8) is 0 Å². The quantitative estimate of drug-likeness (QED) is 0.824. The lowest BCUT2D eigenvalue weighted by molar-refractivity contribution is -0.119. The summed E-state index contributed by atoms with van der Waals surface area (Å²) >= 11 is 0. The van der Waals surface area contributed by atoms with Gasteiger partial charge in [-0.25, -0.2) is 4.79 Å². The number of nitrogens with one attached hydrogen (secondary N) is 1. The topological polar surface area (TPSA) is 84.9 Å². The summed E-state index contributed by atoms with van der Waals surface area (Å²) < 4.78 is 9.93. The highest BCUT2D eigenvalue weighted by Crippen LogP contribution is 2.23. The van der Waals surface area contributed by atoms with Gasteiger partial charge in [-0.15, -0.1) is 0 Å². The van der Waals surface area contributed by atoms with Crippen LogP contribution in [-0.4, -0.2) is 30.7 Å². The average molecular weight is 329 g/mol. The summed E-state index contributed by atoms with van der Waals surface area (Å²) in [5, 5.41) is 12.4. The van der Waals surface area contributed by atoms with E-state index in [4.69, 9.17) is 9.47 Å². The van der Waals surface area contributed by atoms with Gasteiger partial charge in [0.15, 0.2) is 6.61 Å². The Bertz CT molecular complexity index is 770. The van der Waals surface area contributed by atoms with E-state index < -0.39 is 18.5 Å². The van der Waals surface area contributed by atoms with Crippen molar-refractivity contribution in [1.82, 2.24) is 0 Å². The zero-order valence-electron chi connectivity index (χ0n) is 13.8. The minimum absolute atomic E-state index is 0.0614. The number of hydrogen-bond acceptors (Lipinski definition) is 5. The molecule has 0 fully saturated rings. The van der Waals surface area contributed by atoms with Gasteiger partial charge in [0.25, 0.3) is 5.91 Å². The Kier molecular flexibility index (Phi) is 5.42. The normalized spacial score (nSPS) is 10.1. The van der Waals surface area contributed by atoms with Crippen molar-refractivity contribution < 1.29 is 24.2 Å². The first-order valence-electron chi connectivity index (χ1n) is 7.32. The van der Waals surface area contributed by atoms with E-state index in [1.807, 2.05) is 26.0 Å². The van der Waals surface area contributed by atoms with Gasteiger partial charge in [-0.2, -0.15) is 0 Å². The van der Waals surface area contributed by atoms with E-state index in [-0.39, 0.29) is 11.3 Å². The zero-order valence-corrected chi connectivity index (χ0v) is 13.8. The fourth-order valence-corrected chi connectivity index (χ4v) is 2.15. The summed E-state index contributed by atoms with van der Waals surface area (Å²) in [6.07, 6.45) is 0. The Morgan fingerprint density at radius 3 is 2.54 bits per heavy atom. The van der Waals surface area contributed by atoms with Crippen LogP contribution in [0.4, 0.5) is 5.69 Å². The van der Waals surface area contributed by atoms with Crippen molar-refractivity contribution in [3.05, 3.63) is 53.1 Å². The molecule has 0 aliphatic carbocycles. The molecule has 0 heterocycles. The monoisotopic (exact) mass is 329 g/mol. The van der Waals surface area contributed by atoms with E-state index in [1.54, 1.807) is 6.07 Å². The zero-order chi connectivity index (χ0) is 17.7. The van der Waals surface area contributed by atoms with Crippen LogP contribution in [0.25, 0.3) is 0 Å². The first kappa shape index (κ1) is 17.3. The molecule has 2 aromatic carbocycles. The number of ether oxygens (including phenoxy) is 2. The Balaban J connectivity index is 1.97. The van der Waals surface area contributed by atoms with Crippen LogP contribution in [0.2, 0.25) is 0 Å². The summed E-state index contributed by atoms with van der Waals surface area (Å²) in [5.41, 5.74) is 2.60. The maximum atomic E-state index is 12.0. The van der Waals surface area contributed by atoms with Gasteiger partial charge in [-0.05, 0) is 43.7 Å². The number of esters is 1. The summed E-state index contributed by atoms with van der Waals surface area (Å²) in [4.78, 5) is 23.9. The Morgan fingerprint density at radius 2 is 1.88 bits per heavy atom. The number of amides is 1. The number of benzene rings is 2. The Labute approximate surface area is 140 Å². The smallest absolute Gasteiger partial charge is 0.342 e. The molecule has 2 aromatic rings. The molecule has 1 amide bonds. The molecule has 0 aliphatic heterocycles. The number of rotatable bonds is 5. The van der Waals surface area contributed by atoms with E-state index in [0.717, 1.165) is 11.1 Å². The van der Waals surface area contributed by atoms with Crippen molar-refractivity contribution in [2.45, 2.75) is 13.8 Å². The van der Waals surface area contributed by atoms with Crippen LogP contribution in [0.3, 0.4) is 0 Å². The summed E-state index contributed by atoms with van der Waals surface area (Å²) in [7, 11) is 1.44. The lowest BCUT2D eigenvalue weighted by atomic mass is 10.1. The molecule has 0 atom stereocenters. The number of phenolic OH excluding ortho intramolecular Hbond substituents is 1. The largest absolute Gasteiger partial charge is 0.507 e. The third-order valence-corrected chi connectivity index (χ3v) is 3.41. The van der Waals surface area contributed by atoms with Crippen LogP contribution in [0.1, 0.15) is 21.5 Å². The molecule has 0 spiro atoms. The van der Waals surface area contributed by atoms with Crippen molar-refractivity contribution in [2.75, 3.05) is 19.0 Å². The molecule has 6 heteroatoms. The maximum absolute atomic E-state index is 12.0. The van der Waals surface area contributed by atoms with Crippen LogP contribution >= 0.6 is 0 Å². The predicted molar refractivity (Wildman–Crippen MR) is 89.5 cm³/mol. The summed E-state index contributed by atoms with van der Waals surface area (Å²) in [5.74, 6) is -1.10. The molecule has 126 valence electrons. The molecule has 0 unspecified atom stereocenters. The predicted octanol–water partition coefficient (Wildman–Crippen LogP) is 2.81. The number of aromatic hydroxyl groups is 1. The number of carbonyl (C=O) groups excluding carboxylic acids is 2. The van der Waals surface area contributed by atoms with Crippen molar-refractivity contribution >= 4 is 17.6 Å². The highest BCUT2D eigenvalue weighted by Gasteiger charge is 2.16. The lowest BCUT2D eigenvalue weighted by Crippen LogP contribution is -2.21. The third kappa shape index (κ3) is 4.25. The highest BCUT2D eigenvalue weighted by atomic mass is 16.5. The van der Waals surface area contributed by atoms with Crippen LogP contribution in [-0.2, 0) is 9.53 Å². The SMILES string of the molecule is COc1ccc(O)c(C(=O)OCC(=O)Nc2ccc(C)cc2C)c1. The fourth-order valence-electron chi connectivity index (χ4n) is 2.15. The molecular formula is C18H19NO5. The highest BCUT2D eigenvalue weighted by molar-refractivity contribution is 5.97. The summed E-state index contributed by atoms with van der Waals surface area (Å²) in [6, 6.07) is 9.79. The van der Waals surface area contributed by atoms with Gasteiger partial charge < -0.3 is 19.9 Å². The van der Waals surface area contributed by atoms with Crippen molar-refractivity contribution in [2.24, 2.45) is 0 Å². The van der Waals surface area contributed by atoms with Gasteiger partial charge in [-0.1, -0.05) is 17.7 Å². The molecule has 0 radical (unpaired) electrons. The van der Waals surface area contributed by atoms with Gasteiger partial charge in [-0.3, -0.25) is 4.79 Å². The molecule has 6 nitrogen and oxygen atoms in total. The average Bonchev–Trinajstić information content (AvgIpc) is 2.55. The molecule has 0 aromatic heterocycles.